The molecule has 0 aromatic carbocycles. The fourth-order valence-corrected chi connectivity index (χ4v) is 2.68. The Labute approximate surface area is 83.8 Å². The topological polar surface area (TPSA) is 65.3 Å². The van der Waals surface area contributed by atoms with Crippen molar-refractivity contribution in [3.8, 4) is 0 Å². The first-order valence-corrected chi connectivity index (χ1v) is 5.98. The van der Waals surface area contributed by atoms with Crippen molar-refractivity contribution in [1.29, 1.82) is 0 Å². The van der Waals surface area contributed by atoms with Crippen LogP contribution in [-0.2, 0) is 10.2 Å². The van der Waals surface area contributed by atoms with Gasteiger partial charge in [0, 0.05) is 40.0 Å². The molecule has 6 nitrogen and oxygen atoms in total. The Kier molecular flexibility index (Phi) is 2.13. The average molecular weight is 218 g/mol. The molecule has 0 atom stereocenters. The molecule has 0 saturated carbocycles. The second kappa shape index (κ2) is 2.98. The van der Waals surface area contributed by atoms with Crippen molar-refractivity contribution < 1.29 is 8.42 Å². The van der Waals surface area contributed by atoms with Gasteiger partial charge in [-0.3, -0.25) is 0 Å². The Morgan fingerprint density at radius 2 is 1.71 bits per heavy atom. The summed E-state index contributed by atoms with van der Waals surface area (Å²) in [5, 5.41) is 7.89. The molecule has 0 N–H and O–H groups in total. The van der Waals surface area contributed by atoms with E-state index in [2.05, 4.69) is 10.2 Å². The molecule has 1 saturated heterocycles. The molecule has 2 heterocycles. The summed E-state index contributed by atoms with van der Waals surface area (Å²) in [6.07, 6.45) is 1.44. The quantitative estimate of drug-likeness (QED) is 0.657. The van der Waals surface area contributed by atoms with Gasteiger partial charge in [-0.25, -0.2) is 0 Å². The molecule has 0 unspecified atom stereocenters. The van der Waals surface area contributed by atoms with E-state index < -0.39 is 10.2 Å². The summed E-state index contributed by atoms with van der Waals surface area (Å²) >= 11 is 0. The third-order valence-electron chi connectivity index (χ3n) is 2.69. The zero-order chi connectivity index (χ0) is 10.4. The van der Waals surface area contributed by atoms with E-state index in [1.165, 1.54) is 8.61 Å². The van der Waals surface area contributed by atoms with Gasteiger partial charge in [-0.15, -0.1) is 0 Å². The number of hydrogen-bond donors (Lipinski definition) is 0. The van der Waals surface area contributed by atoms with Gasteiger partial charge in [0.05, 0.1) is 0 Å². The van der Waals surface area contributed by atoms with Crippen molar-refractivity contribution in [1.82, 2.24) is 8.61 Å². The minimum absolute atomic E-state index is 0.210. The van der Waals surface area contributed by atoms with Gasteiger partial charge in [-0.05, 0) is 0 Å². The number of piperidine rings is 1. The Balaban J connectivity index is 2.01. The molecule has 0 radical (unpaired) electrons. The maximum absolute atomic E-state index is 11.7. The van der Waals surface area contributed by atoms with Crippen LogP contribution in [0.25, 0.3) is 0 Å². The predicted octanol–water partition coefficient (Wildman–Crippen LogP) is 0.0507. The smallest absolute Gasteiger partial charge is 0.195 e. The molecular formula is C7H14N4O2S. The zero-order valence-corrected chi connectivity index (χ0v) is 9.16. The standard InChI is InChI=1S/C7H14N4O2S/c1-10(2)14(12,13)11-5-3-7(4-6-11)8-9-7/h3-6H2,1-2H3. The SMILES string of the molecule is CN(C)S(=O)(=O)N1CCC2(CC1)N=N2. The van der Waals surface area contributed by atoms with Gasteiger partial charge in [0.2, 0.25) is 0 Å². The van der Waals surface area contributed by atoms with Crippen molar-refractivity contribution in [3.05, 3.63) is 0 Å². The first kappa shape index (κ1) is 10.0. The van der Waals surface area contributed by atoms with Crippen LogP contribution in [0.2, 0.25) is 0 Å². The summed E-state index contributed by atoms with van der Waals surface area (Å²) in [5.74, 6) is 0. The van der Waals surface area contributed by atoms with E-state index >= 15 is 0 Å². The van der Waals surface area contributed by atoms with Gasteiger partial charge in [-0.2, -0.15) is 27.3 Å². The second-order valence-corrected chi connectivity index (χ2v) is 6.01. The molecule has 0 aromatic heterocycles. The van der Waals surface area contributed by atoms with Crippen molar-refractivity contribution in [3.63, 3.8) is 0 Å². The molecule has 2 rings (SSSR count). The third-order valence-corrected chi connectivity index (χ3v) is 4.63. The predicted molar refractivity (Wildman–Crippen MR) is 51.0 cm³/mol. The molecule has 2 aliphatic heterocycles. The molecule has 0 bridgehead atoms. The van der Waals surface area contributed by atoms with Gasteiger partial charge in [0.15, 0.2) is 5.66 Å². The van der Waals surface area contributed by atoms with E-state index in [1.54, 1.807) is 14.1 Å². The summed E-state index contributed by atoms with van der Waals surface area (Å²) in [4.78, 5) is 0. The molecule has 2 aliphatic rings. The van der Waals surface area contributed by atoms with Gasteiger partial charge in [0.1, 0.15) is 0 Å². The molecule has 7 heteroatoms. The highest BCUT2D eigenvalue weighted by atomic mass is 32.2. The average Bonchev–Trinajstić information content (AvgIpc) is 2.86. The van der Waals surface area contributed by atoms with Crippen LogP contribution in [0.5, 0.6) is 0 Å². The molecule has 0 aromatic rings. The molecule has 1 fully saturated rings. The highest BCUT2D eigenvalue weighted by Crippen LogP contribution is 2.39. The normalized spacial score (nSPS) is 25.9. The van der Waals surface area contributed by atoms with Gasteiger partial charge >= 0.3 is 0 Å². The van der Waals surface area contributed by atoms with Crippen LogP contribution < -0.4 is 0 Å². The summed E-state index contributed by atoms with van der Waals surface area (Å²) in [5.41, 5.74) is -0.210. The van der Waals surface area contributed by atoms with Gasteiger partial charge < -0.3 is 0 Å². The largest absolute Gasteiger partial charge is 0.281 e. The van der Waals surface area contributed by atoms with E-state index in [0.717, 1.165) is 12.8 Å². The van der Waals surface area contributed by atoms with E-state index in [-0.39, 0.29) is 5.66 Å². The first-order valence-electron chi connectivity index (χ1n) is 4.58. The fourth-order valence-electron chi connectivity index (χ4n) is 1.58. The first-order chi connectivity index (χ1) is 6.46. The fraction of sp³-hybridized carbons (Fsp3) is 1.00. The lowest BCUT2D eigenvalue weighted by atomic mass is 10.0. The molecule has 80 valence electrons. The van der Waals surface area contributed by atoms with E-state index in [4.69, 9.17) is 0 Å². The van der Waals surface area contributed by atoms with Crippen LogP contribution in [0.1, 0.15) is 12.8 Å². The summed E-state index contributed by atoms with van der Waals surface area (Å²) in [6, 6.07) is 0. The van der Waals surface area contributed by atoms with Crippen LogP contribution in [0.15, 0.2) is 10.2 Å². The monoisotopic (exact) mass is 218 g/mol. The zero-order valence-electron chi connectivity index (χ0n) is 8.34. The van der Waals surface area contributed by atoms with Gasteiger partial charge in [-0.1, -0.05) is 0 Å². The van der Waals surface area contributed by atoms with Crippen molar-refractivity contribution >= 4 is 10.2 Å². The molecule has 0 amide bonds. The van der Waals surface area contributed by atoms with E-state index in [9.17, 15) is 8.42 Å². The van der Waals surface area contributed by atoms with E-state index in [0.29, 0.717) is 13.1 Å². The van der Waals surface area contributed by atoms with Crippen LogP contribution in [0, 0.1) is 0 Å². The minimum atomic E-state index is -3.24. The van der Waals surface area contributed by atoms with Crippen LogP contribution in [0.4, 0.5) is 0 Å². The van der Waals surface area contributed by atoms with Crippen molar-refractivity contribution in [2.45, 2.75) is 18.5 Å². The van der Waals surface area contributed by atoms with E-state index in [1.807, 2.05) is 0 Å². The molecule has 14 heavy (non-hydrogen) atoms. The maximum atomic E-state index is 11.7. The summed E-state index contributed by atoms with van der Waals surface area (Å²) < 4.78 is 26.1. The van der Waals surface area contributed by atoms with Gasteiger partial charge in [0.25, 0.3) is 10.2 Å². The number of hydrogen-bond acceptors (Lipinski definition) is 4. The third kappa shape index (κ3) is 1.55. The molecule has 0 aliphatic carbocycles. The Morgan fingerprint density at radius 1 is 1.21 bits per heavy atom. The lowest BCUT2D eigenvalue weighted by Gasteiger charge is -2.30. The van der Waals surface area contributed by atoms with Crippen molar-refractivity contribution in [2.75, 3.05) is 27.2 Å². The van der Waals surface area contributed by atoms with Crippen LogP contribution in [0.3, 0.4) is 0 Å². The Hall–Kier alpha value is -0.530. The molecular weight excluding hydrogens is 204 g/mol. The lowest BCUT2D eigenvalue weighted by Crippen LogP contribution is -2.46. The molecule has 1 spiro atoms. The van der Waals surface area contributed by atoms with Crippen molar-refractivity contribution in [2.24, 2.45) is 10.2 Å². The van der Waals surface area contributed by atoms with Crippen LogP contribution >= 0.6 is 0 Å². The summed E-state index contributed by atoms with van der Waals surface area (Å²) in [7, 11) is -0.145. The Morgan fingerprint density at radius 3 is 2.07 bits per heavy atom. The highest BCUT2D eigenvalue weighted by molar-refractivity contribution is 7.86. The second-order valence-electron chi connectivity index (χ2n) is 3.87. The Bertz CT molecular complexity index is 346. The van der Waals surface area contributed by atoms with Crippen LogP contribution in [-0.4, -0.2) is 49.9 Å². The number of nitrogens with zero attached hydrogens (tertiary/aromatic N) is 4. The lowest BCUT2D eigenvalue weighted by molar-refractivity contribution is 0.281. The highest BCUT2D eigenvalue weighted by Gasteiger charge is 2.45. The number of rotatable bonds is 2. The maximum Gasteiger partial charge on any atom is 0.281 e. The minimum Gasteiger partial charge on any atom is -0.195 e. The summed E-state index contributed by atoms with van der Waals surface area (Å²) in [6.45, 7) is 1.04.